The minimum Gasteiger partial charge on any atom is -0.212 e. The molecule has 2 heterocycles. The maximum atomic E-state index is 12.6. The van der Waals surface area contributed by atoms with Crippen molar-refractivity contribution in [3.8, 4) is 0 Å². The summed E-state index contributed by atoms with van der Waals surface area (Å²) in [5, 5.41) is 0. The van der Waals surface area contributed by atoms with Crippen LogP contribution < -0.4 is 0 Å². The van der Waals surface area contributed by atoms with E-state index in [-0.39, 0.29) is 17.2 Å². The molecule has 0 amide bonds. The number of hydrogen-bond donors (Lipinski definition) is 0. The van der Waals surface area contributed by atoms with E-state index in [1.165, 1.54) is 8.61 Å². The second-order valence-corrected chi connectivity index (χ2v) is 10.2. The van der Waals surface area contributed by atoms with E-state index in [1.807, 2.05) is 6.07 Å². The number of nitrogens with zero attached hydrogens (tertiary/aromatic N) is 2. The first-order valence-corrected chi connectivity index (χ1v) is 11.0. The monoisotopic (exact) mass is 358 g/mol. The molecule has 2 aliphatic heterocycles. The van der Waals surface area contributed by atoms with Crippen LogP contribution in [0.25, 0.3) is 0 Å². The Morgan fingerprint density at radius 2 is 1.65 bits per heavy atom. The zero-order chi connectivity index (χ0) is 16.7. The summed E-state index contributed by atoms with van der Waals surface area (Å²) in [4.78, 5) is 0.272. The van der Waals surface area contributed by atoms with Crippen molar-refractivity contribution >= 4 is 20.0 Å². The summed E-state index contributed by atoms with van der Waals surface area (Å²) in [6.07, 6.45) is 2.41. The lowest BCUT2D eigenvalue weighted by Gasteiger charge is -2.28. The fourth-order valence-electron chi connectivity index (χ4n) is 3.17. The van der Waals surface area contributed by atoms with Crippen molar-refractivity contribution in [1.29, 1.82) is 0 Å². The highest BCUT2D eigenvalue weighted by molar-refractivity contribution is 7.89. The average molecular weight is 358 g/mol. The van der Waals surface area contributed by atoms with E-state index < -0.39 is 20.0 Å². The molecule has 1 saturated heterocycles. The molecule has 0 spiro atoms. The Morgan fingerprint density at radius 3 is 2.30 bits per heavy atom. The van der Waals surface area contributed by atoms with Crippen molar-refractivity contribution in [1.82, 2.24) is 8.61 Å². The highest BCUT2D eigenvalue weighted by Gasteiger charge is 2.30. The molecule has 0 radical (unpaired) electrons. The summed E-state index contributed by atoms with van der Waals surface area (Å²) in [5.74, 6) is 0.0636. The molecule has 1 fully saturated rings. The Hall–Kier alpha value is -0.960. The Morgan fingerprint density at radius 1 is 0.957 bits per heavy atom. The lowest BCUT2D eigenvalue weighted by Crippen LogP contribution is -2.37. The molecule has 2 aliphatic rings. The van der Waals surface area contributed by atoms with Crippen molar-refractivity contribution in [2.75, 3.05) is 25.4 Å². The predicted octanol–water partition coefficient (Wildman–Crippen LogP) is 1.18. The number of rotatable bonds is 4. The van der Waals surface area contributed by atoms with Crippen LogP contribution >= 0.6 is 0 Å². The minimum absolute atomic E-state index is 0.0636. The number of fused-ring (bicyclic) bond motifs is 1. The molecule has 0 saturated carbocycles. The second kappa shape index (κ2) is 6.16. The van der Waals surface area contributed by atoms with Gasteiger partial charge in [-0.25, -0.2) is 16.8 Å². The van der Waals surface area contributed by atoms with Crippen molar-refractivity contribution in [2.24, 2.45) is 0 Å². The molecule has 6 nitrogen and oxygen atoms in total. The Balaban J connectivity index is 1.92. The van der Waals surface area contributed by atoms with Crippen LogP contribution in [0.4, 0.5) is 0 Å². The molecule has 0 N–H and O–H groups in total. The average Bonchev–Trinajstić information content (AvgIpc) is 3.09. The maximum Gasteiger partial charge on any atom is 0.243 e. The van der Waals surface area contributed by atoms with Crippen molar-refractivity contribution in [3.63, 3.8) is 0 Å². The van der Waals surface area contributed by atoms with E-state index in [1.54, 1.807) is 19.1 Å². The molecule has 0 aromatic heterocycles. The molecule has 23 heavy (non-hydrogen) atoms. The third-order valence-corrected chi connectivity index (χ3v) is 8.34. The Labute approximate surface area is 138 Å². The summed E-state index contributed by atoms with van der Waals surface area (Å²) in [6, 6.07) is 5.13. The van der Waals surface area contributed by atoms with Crippen LogP contribution in [0.1, 0.15) is 30.9 Å². The van der Waals surface area contributed by atoms with E-state index >= 15 is 0 Å². The SMILES string of the molecule is CCS(=O)(=O)N1CCc2ccc(S(=O)(=O)N3CCCC3)cc2C1. The summed E-state index contributed by atoms with van der Waals surface area (Å²) in [6.45, 7) is 3.47. The van der Waals surface area contributed by atoms with Gasteiger partial charge in [-0.2, -0.15) is 8.61 Å². The molecule has 0 unspecified atom stereocenters. The number of hydrogen-bond acceptors (Lipinski definition) is 4. The third-order valence-electron chi connectivity index (χ3n) is 4.62. The normalized spacial score (nSPS) is 20.6. The molecule has 1 aromatic carbocycles. The lowest BCUT2D eigenvalue weighted by atomic mass is 10.0. The molecule has 0 atom stereocenters. The van der Waals surface area contributed by atoms with Gasteiger partial charge in [-0.1, -0.05) is 6.07 Å². The summed E-state index contributed by atoms with van der Waals surface area (Å²) < 4.78 is 52.4. The number of sulfonamides is 2. The molecule has 0 aliphatic carbocycles. The fourth-order valence-corrected chi connectivity index (χ4v) is 5.80. The molecule has 8 heteroatoms. The summed E-state index contributed by atoms with van der Waals surface area (Å²) >= 11 is 0. The smallest absolute Gasteiger partial charge is 0.212 e. The largest absolute Gasteiger partial charge is 0.243 e. The van der Waals surface area contributed by atoms with Gasteiger partial charge >= 0.3 is 0 Å². The standard InChI is InChI=1S/C15H22N2O4S2/c1-2-22(18,19)17-10-7-13-5-6-15(11-14(13)12-17)23(20,21)16-8-3-4-9-16/h5-6,11H,2-4,7-10,12H2,1H3. The van der Waals surface area contributed by atoms with Gasteiger partial charge in [-0.05, 0) is 49.4 Å². The summed E-state index contributed by atoms with van der Waals surface area (Å²) in [5.41, 5.74) is 1.83. The Kier molecular flexibility index (Phi) is 4.52. The predicted molar refractivity (Wildman–Crippen MR) is 88.0 cm³/mol. The third kappa shape index (κ3) is 3.17. The molecular formula is C15H22N2O4S2. The minimum atomic E-state index is -3.47. The quantitative estimate of drug-likeness (QED) is 0.810. The van der Waals surface area contributed by atoms with Gasteiger partial charge in [0.25, 0.3) is 0 Å². The Bertz CT molecular complexity index is 797. The first-order valence-electron chi connectivity index (χ1n) is 7.94. The molecule has 128 valence electrons. The fraction of sp³-hybridized carbons (Fsp3) is 0.600. The van der Waals surface area contributed by atoms with Gasteiger partial charge < -0.3 is 0 Å². The van der Waals surface area contributed by atoms with Crippen LogP contribution in [0.3, 0.4) is 0 Å². The molecule has 1 aromatic rings. The van der Waals surface area contributed by atoms with Crippen LogP contribution in [0.5, 0.6) is 0 Å². The van der Waals surface area contributed by atoms with Crippen molar-refractivity contribution in [3.05, 3.63) is 29.3 Å². The van der Waals surface area contributed by atoms with Crippen molar-refractivity contribution in [2.45, 2.75) is 37.6 Å². The lowest BCUT2D eigenvalue weighted by molar-refractivity contribution is 0.391. The highest BCUT2D eigenvalue weighted by atomic mass is 32.2. The zero-order valence-corrected chi connectivity index (χ0v) is 14.9. The van der Waals surface area contributed by atoms with Gasteiger partial charge in [-0.15, -0.1) is 0 Å². The van der Waals surface area contributed by atoms with Gasteiger partial charge in [0.2, 0.25) is 20.0 Å². The van der Waals surface area contributed by atoms with E-state index in [0.29, 0.717) is 26.1 Å². The van der Waals surface area contributed by atoms with Crippen LogP contribution in [0, 0.1) is 0 Å². The van der Waals surface area contributed by atoms with Crippen LogP contribution in [-0.2, 0) is 33.0 Å². The van der Waals surface area contributed by atoms with Crippen molar-refractivity contribution < 1.29 is 16.8 Å². The van der Waals surface area contributed by atoms with Gasteiger partial charge in [0.15, 0.2) is 0 Å². The van der Waals surface area contributed by atoms with Gasteiger partial charge in [0.1, 0.15) is 0 Å². The van der Waals surface area contributed by atoms with Gasteiger partial charge in [-0.3, -0.25) is 0 Å². The van der Waals surface area contributed by atoms with Crippen LogP contribution in [-0.4, -0.2) is 50.8 Å². The van der Waals surface area contributed by atoms with E-state index in [9.17, 15) is 16.8 Å². The summed E-state index contributed by atoms with van der Waals surface area (Å²) in [7, 11) is -6.72. The maximum absolute atomic E-state index is 12.6. The molecule has 0 bridgehead atoms. The van der Waals surface area contributed by atoms with Gasteiger partial charge in [0, 0.05) is 26.2 Å². The van der Waals surface area contributed by atoms with E-state index in [0.717, 1.165) is 24.0 Å². The molecular weight excluding hydrogens is 336 g/mol. The second-order valence-electron chi connectivity index (χ2n) is 6.03. The zero-order valence-electron chi connectivity index (χ0n) is 13.2. The number of benzene rings is 1. The van der Waals surface area contributed by atoms with E-state index in [4.69, 9.17) is 0 Å². The first kappa shape index (κ1) is 16.9. The first-order chi connectivity index (χ1) is 10.8. The van der Waals surface area contributed by atoms with Crippen LogP contribution in [0.15, 0.2) is 23.1 Å². The van der Waals surface area contributed by atoms with E-state index in [2.05, 4.69) is 0 Å². The topological polar surface area (TPSA) is 74.8 Å². The van der Waals surface area contributed by atoms with Crippen LogP contribution in [0.2, 0.25) is 0 Å². The van der Waals surface area contributed by atoms with Gasteiger partial charge in [0.05, 0.1) is 10.6 Å². The molecule has 3 rings (SSSR count). The highest BCUT2D eigenvalue weighted by Crippen LogP contribution is 2.27.